The van der Waals surface area contributed by atoms with Gasteiger partial charge in [-0.15, -0.1) is 0 Å². The van der Waals surface area contributed by atoms with Crippen molar-refractivity contribution in [3.63, 3.8) is 0 Å². The summed E-state index contributed by atoms with van der Waals surface area (Å²) in [6, 6.07) is 6.34. The van der Waals surface area contributed by atoms with Crippen molar-refractivity contribution in [1.29, 1.82) is 0 Å². The number of hydrogen-bond acceptors (Lipinski definition) is 2. The van der Waals surface area contributed by atoms with Gasteiger partial charge in [-0.05, 0) is 68.3 Å². The minimum atomic E-state index is -0.308. The fourth-order valence-corrected chi connectivity index (χ4v) is 3.01. The molecular weight excluding hydrogens is 397 g/mol. The third kappa shape index (κ3) is 2.26. The van der Waals surface area contributed by atoms with Gasteiger partial charge in [0.25, 0.3) is 0 Å². The monoisotopic (exact) mass is 401 g/mol. The molecule has 0 aliphatic rings. The van der Waals surface area contributed by atoms with Crippen molar-refractivity contribution in [1.82, 2.24) is 14.5 Å². The molecule has 19 heavy (non-hydrogen) atoms. The smallest absolute Gasteiger partial charge is 0.184 e. The highest BCUT2D eigenvalue weighted by atomic mass is 79.9. The Hall–Kier alpha value is -1.05. The molecule has 2 aromatic heterocycles. The van der Waals surface area contributed by atoms with Gasteiger partial charge in [-0.25, -0.2) is 9.37 Å². The van der Waals surface area contributed by atoms with E-state index in [0.29, 0.717) is 14.9 Å². The zero-order valence-electron chi connectivity index (χ0n) is 9.32. The Kier molecular flexibility index (Phi) is 3.28. The first kappa shape index (κ1) is 13.0. The maximum atomic E-state index is 13.2. The van der Waals surface area contributed by atoms with E-state index in [4.69, 9.17) is 12.2 Å². The van der Waals surface area contributed by atoms with Gasteiger partial charge in [-0.2, -0.15) is 0 Å². The SMILES string of the molecule is Fc1ccc(-n2c(=S)[nH]c3cc(Br)cnc32)c(Br)c1. The Balaban J connectivity index is 2.36. The van der Waals surface area contributed by atoms with Gasteiger partial charge in [0.15, 0.2) is 10.4 Å². The number of fused-ring (bicyclic) bond motifs is 1. The lowest BCUT2D eigenvalue weighted by Gasteiger charge is -2.06. The number of nitrogens with zero attached hydrogens (tertiary/aromatic N) is 2. The maximum absolute atomic E-state index is 13.2. The molecule has 3 rings (SSSR count). The average molecular weight is 403 g/mol. The van der Waals surface area contributed by atoms with Crippen molar-refractivity contribution < 1.29 is 4.39 Å². The highest BCUT2D eigenvalue weighted by Crippen LogP contribution is 2.26. The normalized spacial score (nSPS) is 11.1. The molecule has 2 heterocycles. The topological polar surface area (TPSA) is 33.6 Å². The molecule has 0 aliphatic carbocycles. The van der Waals surface area contributed by atoms with Crippen molar-refractivity contribution in [3.8, 4) is 5.69 Å². The Morgan fingerprint density at radius 3 is 2.79 bits per heavy atom. The number of aromatic nitrogens is 3. The quantitative estimate of drug-likeness (QED) is 0.596. The molecule has 0 atom stereocenters. The van der Waals surface area contributed by atoms with E-state index in [1.807, 2.05) is 6.07 Å². The van der Waals surface area contributed by atoms with Crippen LogP contribution in [0.15, 0.2) is 39.4 Å². The van der Waals surface area contributed by atoms with E-state index in [1.54, 1.807) is 16.8 Å². The van der Waals surface area contributed by atoms with E-state index >= 15 is 0 Å². The third-order valence-corrected chi connectivity index (χ3v) is 3.99. The van der Waals surface area contributed by atoms with Crippen molar-refractivity contribution in [2.75, 3.05) is 0 Å². The predicted molar refractivity (Wildman–Crippen MR) is 81.6 cm³/mol. The maximum Gasteiger partial charge on any atom is 0.184 e. The molecule has 7 heteroatoms. The number of halogens is 3. The molecular formula is C12H6Br2FN3S. The second-order valence-electron chi connectivity index (χ2n) is 3.89. The van der Waals surface area contributed by atoms with E-state index in [1.165, 1.54) is 12.1 Å². The van der Waals surface area contributed by atoms with Crippen molar-refractivity contribution in [2.45, 2.75) is 0 Å². The zero-order chi connectivity index (χ0) is 13.6. The van der Waals surface area contributed by atoms with Crippen LogP contribution in [0.5, 0.6) is 0 Å². The van der Waals surface area contributed by atoms with Crippen LogP contribution in [0.2, 0.25) is 0 Å². The van der Waals surface area contributed by atoms with Gasteiger partial charge in [0.2, 0.25) is 0 Å². The number of aromatic amines is 1. The van der Waals surface area contributed by atoms with Gasteiger partial charge < -0.3 is 4.98 Å². The summed E-state index contributed by atoms with van der Waals surface area (Å²) < 4.78 is 16.9. The minimum absolute atomic E-state index is 0.308. The van der Waals surface area contributed by atoms with E-state index < -0.39 is 0 Å². The van der Waals surface area contributed by atoms with Crippen LogP contribution in [0.25, 0.3) is 16.9 Å². The largest absolute Gasteiger partial charge is 0.329 e. The van der Waals surface area contributed by atoms with Crippen molar-refractivity contribution in [3.05, 3.63) is 50.0 Å². The van der Waals surface area contributed by atoms with Gasteiger partial charge >= 0.3 is 0 Å². The van der Waals surface area contributed by atoms with Crippen LogP contribution in [0.4, 0.5) is 4.39 Å². The van der Waals surface area contributed by atoms with Gasteiger partial charge in [-0.3, -0.25) is 4.57 Å². The molecule has 0 radical (unpaired) electrons. The molecule has 1 N–H and O–H groups in total. The molecule has 96 valence electrons. The Bertz CT molecular complexity index is 841. The molecule has 0 saturated carbocycles. The van der Waals surface area contributed by atoms with Crippen LogP contribution in [-0.2, 0) is 0 Å². The van der Waals surface area contributed by atoms with E-state index in [-0.39, 0.29) is 5.82 Å². The Morgan fingerprint density at radius 2 is 2.05 bits per heavy atom. The molecule has 0 unspecified atom stereocenters. The van der Waals surface area contributed by atoms with Crippen LogP contribution in [0.1, 0.15) is 0 Å². The fourth-order valence-electron chi connectivity index (χ4n) is 1.86. The predicted octanol–water partition coefficient (Wildman–Crippen LogP) is 4.75. The number of hydrogen-bond donors (Lipinski definition) is 1. The minimum Gasteiger partial charge on any atom is -0.329 e. The first-order valence-corrected chi connectivity index (χ1v) is 7.27. The lowest BCUT2D eigenvalue weighted by molar-refractivity contribution is 0.626. The number of nitrogens with one attached hydrogen (secondary N) is 1. The van der Waals surface area contributed by atoms with Crippen LogP contribution >= 0.6 is 44.1 Å². The summed E-state index contributed by atoms with van der Waals surface area (Å²) in [6.07, 6.45) is 1.69. The van der Waals surface area contributed by atoms with Crippen LogP contribution in [0.3, 0.4) is 0 Å². The first-order chi connectivity index (χ1) is 9.06. The fraction of sp³-hybridized carbons (Fsp3) is 0. The summed E-state index contributed by atoms with van der Waals surface area (Å²) in [4.78, 5) is 7.42. The highest BCUT2D eigenvalue weighted by Gasteiger charge is 2.11. The molecule has 1 aromatic carbocycles. The number of rotatable bonds is 1. The van der Waals surface area contributed by atoms with E-state index in [0.717, 1.165) is 15.7 Å². The summed E-state index contributed by atoms with van der Waals surface area (Å²) in [5.41, 5.74) is 2.25. The second kappa shape index (κ2) is 4.81. The average Bonchev–Trinajstić information content (AvgIpc) is 2.65. The lowest BCUT2D eigenvalue weighted by Crippen LogP contribution is -1.97. The highest BCUT2D eigenvalue weighted by molar-refractivity contribution is 9.10. The number of pyridine rings is 1. The summed E-state index contributed by atoms with van der Waals surface area (Å²) in [6.45, 7) is 0. The van der Waals surface area contributed by atoms with Crippen LogP contribution in [-0.4, -0.2) is 14.5 Å². The zero-order valence-corrected chi connectivity index (χ0v) is 13.3. The number of H-pyrrole nitrogens is 1. The Labute approximate surface area is 129 Å². The summed E-state index contributed by atoms with van der Waals surface area (Å²) >= 11 is 12.0. The number of imidazole rings is 1. The first-order valence-electron chi connectivity index (χ1n) is 5.28. The Morgan fingerprint density at radius 1 is 1.26 bits per heavy atom. The molecule has 3 nitrogen and oxygen atoms in total. The molecule has 3 aromatic rings. The standard InChI is InChI=1S/C12H6Br2FN3S/c13-6-3-9-11(16-5-6)18(12(19)17-9)10-2-1-7(15)4-8(10)14/h1-5H,(H,17,19). The molecule has 0 bridgehead atoms. The van der Waals surface area contributed by atoms with E-state index in [9.17, 15) is 4.39 Å². The molecule has 0 saturated heterocycles. The second-order valence-corrected chi connectivity index (χ2v) is 6.04. The van der Waals surface area contributed by atoms with Crippen LogP contribution in [0, 0.1) is 10.6 Å². The molecule has 0 spiro atoms. The summed E-state index contributed by atoms with van der Waals surface area (Å²) in [5, 5.41) is 0. The summed E-state index contributed by atoms with van der Waals surface area (Å²) in [7, 11) is 0. The van der Waals surface area contributed by atoms with Crippen molar-refractivity contribution in [2.24, 2.45) is 0 Å². The lowest BCUT2D eigenvalue weighted by atomic mass is 10.3. The van der Waals surface area contributed by atoms with Crippen LogP contribution < -0.4 is 0 Å². The van der Waals surface area contributed by atoms with Gasteiger partial charge in [0, 0.05) is 15.1 Å². The molecule has 0 fully saturated rings. The van der Waals surface area contributed by atoms with Crippen molar-refractivity contribution >= 4 is 55.2 Å². The van der Waals surface area contributed by atoms with Gasteiger partial charge in [0.05, 0.1) is 11.2 Å². The van der Waals surface area contributed by atoms with Gasteiger partial charge in [-0.1, -0.05) is 0 Å². The number of benzene rings is 1. The summed E-state index contributed by atoms with van der Waals surface area (Å²) in [5.74, 6) is -0.308. The molecule has 0 aliphatic heterocycles. The van der Waals surface area contributed by atoms with E-state index in [2.05, 4.69) is 41.8 Å². The third-order valence-electron chi connectivity index (χ3n) is 2.64. The van der Waals surface area contributed by atoms with Gasteiger partial charge in [0.1, 0.15) is 5.82 Å². The molecule has 0 amide bonds.